The van der Waals surface area contributed by atoms with Gasteiger partial charge in [0.15, 0.2) is 0 Å². The summed E-state index contributed by atoms with van der Waals surface area (Å²) in [7, 11) is 0. The highest BCUT2D eigenvalue weighted by Gasteiger charge is 2.38. The van der Waals surface area contributed by atoms with Crippen molar-refractivity contribution in [2.45, 2.75) is 93.1 Å². The van der Waals surface area contributed by atoms with E-state index in [1.54, 1.807) is 0 Å². The molecule has 1 aliphatic carbocycles. The predicted octanol–water partition coefficient (Wildman–Crippen LogP) is 5.81. The molecule has 0 saturated heterocycles. The molecule has 0 aliphatic heterocycles. The molecular formula is C24H48O5. The number of rotatable bonds is 16. The lowest BCUT2D eigenvalue weighted by Gasteiger charge is -2.44. The Morgan fingerprint density at radius 2 is 1.31 bits per heavy atom. The molecule has 0 radical (unpaired) electrons. The van der Waals surface area contributed by atoms with Crippen LogP contribution in [0.1, 0.15) is 87.0 Å². The van der Waals surface area contributed by atoms with E-state index in [0.717, 1.165) is 32.5 Å². The van der Waals surface area contributed by atoms with Crippen LogP contribution >= 0.6 is 0 Å². The second kappa shape index (κ2) is 13.3. The van der Waals surface area contributed by atoms with Gasteiger partial charge >= 0.3 is 0 Å². The van der Waals surface area contributed by atoms with E-state index in [0.29, 0.717) is 50.0 Å². The van der Waals surface area contributed by atoms with Gasteiger partial charge in [0, 0.05) is 18.6 Å². The van der Waals surface area contributed by atoms with Crippen LogP contribution in [0.25, 0.3) is 0 Å². The smallest absolute Gasteiger partial charge is 0.106 e. The summed E-state index contributed by atoms with van der Waals surface area (Å²) in [4.78, 5) is 9.99. The molecule has 0 heterocycles. The minimum absolute atomic E-state index is 0.0000380. The molecule has 1 rings (SSSR count). The Kier molecular flexibility index (Phi) is 12.3. The van der Waals surface area contributed by atoms with Crippen molar-refractivity contribution in [3.8, 4) is 0 Å². The van der Waals surface area contributed by atoms with Crippen LogP contribution in [0.4, 0.5) is 0 Å². The number of ether oxygens (including phenoxy) is 3. The van der Waals surface area contributed by atoms with Gasteiger partial charge in [0.05, 0.1) is 32.5 Å². The second-order valence-corrected chi connectivity index (χ2v) is 11.0. The van der Waals surface area contributed by atoms with Gasteiger partial charge in [-0.1, -0.05) is 48.5 Å². The van der Waals surface area contributed by atoms with E-state index < -0.39 is 0 Å². The molecule has 0 atom stereocenters. The standard InChI is InChI=1S/C24H48O5/c1-8-11-28-29-15-14-26-20-24(6,7)19-25-12-9-10-13-27-21-16-22(2,3)18-23(4,5)17-21/h21H,8-20H2,1-7H3. The predicted molar refractivity (Wildman–Crippen MR) is 118 cm³/mol. The van der Waals surface area contributed by atoms with Crippen molar-refractivity contribution in [3.05, 3.63) is 0 Å². The lowest BCUT2D eigenvalue weighted by Crippen LogP contribution is -2.38. The van der Waals surface area contributed by atoms with Gasteiger partial charge in [-0.15, -0.1) is 0 Å². The van der Waals surface area contributed by atoms with Crippen molar-refractivity contribution in [1.82, 2.24) is 0 Å². The molecule has 174 valence electrons. The summed E-state index contributed by atoms with van der Waals surface area (Å²) in [6, 6.07) is 0. The quantitative estimate of drug-likeness (QED) is 0.181. The maximum absolute atomic E-state index is 6.20. The first-order chi connectivity index (χ1) is 13.6. The first-order valence-corrected chi connectivity index (χ1v) is 11.6. The first kappa shape index (κ1) is 26.8. The molecule has 5 nitrogen and oxygen atoms in total. The van der Waals surface area contributed by atoms with Crippen LogP contribution < -0.4 is 0 Å². The van der Waals surface area contributed by atoms with Crippen molar-refractivity contribution >= 4 is 0 Å². The third kappa shape index (κ3) is 13.7. The van der Waals surface area contributed by atoms with Gasteiger partial charge in [0.1, 0.15) is 6.61 Å². The molecule has 1 saturated carbocycles. The van der Waals surface area contributed by atoms with Crippen LogP contribution in [0.2, 0.25) is 0 Å². The Morgan fingerprint density at radius 1 is 0.759 bits per heavy atom. The summed E-state index contributed by atoms with van der Waals surface area (Å²) in [6.45, 7) is 20.5. The topological polar surface area (TPSA) is 46.2 Å². The number of unbranched alkanes of at least 4 members (excludes halogenated alkanes) is 1. The molecule has 1 fully saturated rings. The molecule has 1 aliphatic rings. The van der Waals surface area contributed by atoms with Gasteiger partial charge in [0.2, 0.25) is 0 Å². The Bertz CT molecular complexity index is 403. The molecule has 0 bridgehead atoms. The van der Waals surface area contributed by atoms with Gasteiger partial charge in [-0.2, -0.15) is 0 Å². The van der Waals surface area contributed by atoms with E-state index in [-0.39, 0.29) is 5.41 Å². The fourth-order valence-electron chi connectivity index (χ4n) is 4.45. The van der Waals surface area contributed by atoms with Crippen molar-refractivity contribution < 1.29 is 24.0 Å². The molecule has 0 aromatic heterocycles. The molecule has 0 amide bonds. The van der Waals surface area contributed by atoms with Crippen molar-refractivity contribution in [3.63, 3.8) is 0 Å². The molecule has 0 aromatic rings. The lowest BCUT2D eigenvalue weighted by molar-refractivity contribution is -0.299. The fraction of sp³-hybridized carbons (Fsp3) is 1.00. The summed E-state index contributed by atoms with van der Waals surface area (Å²) in [6.07, 6.45) is 7.10. The zero-order valence-electron chi connectivity index (χ0n) is 20.3. The maximum Gasteiger partial charge on any atom is 0.106 e. The second-order valence-electron chi connectivity index (χ2n) is 11.0. The van der Waals surface area contributed by atoms with Crippen molar-refractivity contribution in [2.75, 3.05) is 46.2 Å². The highest BCUT2D eigenvalue weighted by Crippen LogP contribution is 2.46. The van der Waals surface area contributed by atoms with E-state index >= 15 is 0 Å². The largest absolute Gasteiger partial charge is 0.381 e. The average molecular weight is 417 g/mol. The highest BCUT2D eigenvalue weighted by atomic mass is 17.2. The summed E-state index contributed by atoms with van der Waals surface area (Å²) in [5, 5.41) is 0. The normalized spacial score (nSPS) is 19.6. The third-order valence-electron chi connectivity index (χ3n) is 5.22. The third-order valence-corrected chi connectivity index (χ3v) is 5.22. The van der Waals surface area contributed by atoms with E-state index in [2.05, 4.69) is 41.5 Å². The van der Waals surface area contributed by atoms with Gasteiger partial charge in [-0.05, 0) is 49.4 Å². The van der Waals surface area contributed by atoms with E-state index in [1.807, 2.05) is 6.92 Å². The van der Waals surface area contributed by atoms with Crippen LogP contribution in [0, 0.1) is 16.2 Å². The summed E-state index contributed by atoms with van der Waals surface area (Å²) in [5.41, 5.74) is 0.774. The van der Waals surface area contributed by atoms with Crippen LogP contribution in [0.5, 0.6) is 0 Å². The number of hydrogen-bond donors (Lipinski definition) is 0. The van der Waals surface area contributed by atoms with Crippen LogP contribution in [-0.4, -0.2) is 52.4 Å². The number of hydrogen-bond acceptors (Lipinski definition) is 5. The lowest BCUT2D eigenvalue weighted by atomic mass is 9.64. The van der Waals surface area contributed by atoms with Crippen molar-refractivity contribution in [1.29, 1.82) is 0 Å². The molecular weight excluding hydrogens is 368 g/mol. The zero-order chi connectivity index (χ0) is 21.8. The van der Waals surface area contributed by atoms with E-state index in [9.17, 15) is 0 Å². The van der Waals surface area contributed by atoms with Crippen molar-refractivity contribution in [2.24, 2.45) is 16.2 Å². The van der Waals surface area contributed by atoms with Gasteiger partial charge in [-0.25, -0.2) is 9.78 Å². The van der Waals surface area contributed by atoms with Crippen LogP contribution in [0.3, 0.4) is 0 Å². The van der Waals surface area contributed by atoms with Gasteiger partial charge < -0.3 is 14.2 Å². The molecule has 5 heteroatoms. The minimum atomic E-state index is 0.0000380. The Morgan fingerprint density at radius 3 is 1.93 bits per heavy atom. The van der Waals surface area contributed by atoms with E-state index in [4.69, 9.17) is 24.0 Å². The Labute approximate surface area is 180 Å². The molecule has 0 spiro atoms. The monoisotopic (exact) mass is 416 g/mol. The molecule has 0 unspecified atom stereocenters. The molecule has 0 aromatic carbocycles. The van der Waals surface area contributed by atoms with Gasteiger partial charge in [0.25, 0.3) is 0 Å². The first-order valence-electron chi connectivity index (χ1n) is 11.6. The summed E-state index contributed by atoms with van der Waals surface area (Å²) >= 11 is 0. The Hall–Kier alpha value is -0.200. The Balaban J connectivity index is 2.01. The van der Waals surface area contributed by atoms with Gasteiger partial charge in [-0.3, -0.25) is 0 Å². The van der Waals surface area contributed by atoms with E-state index in [1.165, 1.54) is 19.3 Å². The SMILES string of the molecule is CCCOOCCOCC(C)(C)COCCCCOC1CC(C)(C)CC(C)(C)C1. The zero-order valence-corrected chi connectivity index (χ0v) is 20.3. The fourth-order valence-corrected chi connectivity index (χ4v) is 4.45. The molecule has 29 heavy (non-hydrogen) atoms. The van der Waals surface area contributed by atoms with Crippen LogP contribution in [0.15, 0.2) is 0 Å². The van der Waals surface area contributed by atoms with Crippen LogP contribution in [-0.2, 0) is 24.0 Å². The highest BCUT2D eigenvalue weighted by molar-refractivity contribution is 4.89. The summed E-state index contributed by atoms with van der Waals surface area (Å²) in [5.74, 6) is 0. The minimum Gasteiger partial charge on any atom is -0.381 e. The maximum atomic E-state index is 6.20. The average Bonchev–Trinajstić information content (AvgIpc) is 2.57. The molecule has 0 N–H and O–H groups in total. The summed E-state index contributed by atoms with van der Waals surface area (Å²) < 4.78 is 17.7.